The summed E-state index contributed by atoms with van der Waals surface area (Å²) in [4.78, 5) is 5.15. The Labute approximate surface area is 114 Å². The summed E-state index contributed by atoms with van der Waals surface area (Å²) < 4.78 is 0. The maximum absolute atomic E-state index is 3.48. The molecule has 1 N–H and O–H groups in total. The average Bonchev–Trinajstić information content (AvgIpc) is 2.82. The van der Waals surface area contributed by atoms with Gasteiger partial charge in [-0.3, -0.25) is 4.90 Å². The number of likely N-dealkylation sites (tertiary alicyclic amines) is 1. The van der Waals surface area contributed by atoms with Gasteiger partial charge in [0, 0.05) is 25.2 Å². The zero-order chi connectivity index (χ0) is 13.5. The molecule has 0 amide bonds. The fourth-order valence-corrected chi connectivity index (χ4v) is 3.13. The van der Waals surface area contributed by atoms with Crippen LogP contribution in [0.5, 0.6) is 0 Å². The van der Waals surface area contributed by atoms with E-state index < -0.39 is 0 Å². The van der Waals surface area contributed by atoms with Crippen LogP contribution in [0.25, 0.3) is 0 Å². The third-order valence-electron chi connectivity index (χ3n) is 4.64. The third-order valence-corrected chi connectivity index (χ3v) is 4.64. The number of hydrogen-bond acceptors (Lipinski definition) is 3. The van der Waals surface area contributed by atoms with Crippen molar-refractivity contribution in [2.24, 2.45) is 5.92 Å². The van der Waals surface area contributed by atoms with Crippen molar-refractivity contribution in [3.8, 4) is 0 Å². The number of nitrogens with zero attached hydrogens (tertiary/aromatic N) is 2. The van der Waals surface area contributed by atoms with Gasteiger partial charge in [-0.2, -0.15) is 0 Å². The number of hydrogen-bond donors (Lipinski definition) is 1. The van der Waals surface area contributed by atoms with Crippen molar-refractivity contribution in [1.29, 1.82) is 0 Å². The molecule has 0 aromatic rings. The molecule has 0 spiro atoms. The summed E-state index contributed by atoms with van der Waals surface area (Å²) in [7, 11) is 4.37. The molecule has 1 heterocycles. The Morgan fingerprint density at radius 2 is 2.11 bits per heavy atom. The molecule has 0 radical (unpaired) electrons. The molecule has 1 aliphatic heterocycles. The van der Waals surface area contributed by atoms with Gasteiger partial charge in [0.25, 0.3) is 0 Å². The monoisotopic (exact) mass is 255 g/mol. The van der Waals surface area contributed by atoms with Crippen molar-refractivity contribution in [3.05, 3.63) is 0 Å². The second kappa shape index (κ2) is 8.13. The standard InChI is InChI=1S/C15H33N3/c1-6-13(3)15(16-4)12-17(5)11-14-9-8-10-18(14)7-2/h13-16H,6-12H2,1-5H3. The number of rotatable bonds is 8. The molecule has 3 unspecified atom stereocenters. The summed E-state index contributed by atoms with van der Waals surface area (Å²) in [6.07, 6.45) is 4.02. The lowest BCUT2D eigenvalue weighted by atomic mass is 9.99. The molecule has 3 nitrogen and oxygen atoms in total. The molecule has 3 atom stereocenters. The summed E-state index contributed by atoms with van der Waals surface area (Å²) in [5.41, 5.74) is 0. The van der Waals surface area contributed by atoms with E-state index in [0.717, 1.165) is 12.0 Å². The first-order valence-corrected chi connectivity index (χ1v) is 7.72. The molecule has 1 rings (SSSR count). The summed E-state index contributed by atoms with van der Waals surface area (Å²) in [6.45, 7) is 11.8. The Kier molecular flexibility index (Phi) is 7.20. The van der Waals surface area contributed by atoms with Crippen molar-refractivity contribution in [1.82, 2.24) is 15.1 Å². The summed E-state index contributed by atoms with van der Waals surface area (Å²) in [6, 6.07) is 1.41. The zero-order valence-corrected chi connectivity index (χ0v) is 13.1. The van der Waals surface area contributed by atoms with Crippen LogP contribution in [0, 0.1) is 5.92 Å². The topological polar surface area (TPSA) is 18.5 Å². The molecule has 1 saturated heterocycles. The summed E-state index contributed by atoms with van der Waals surface area (Å²) in [5.74, 6) is 0.753. The number of nitrogens with one attached hydrogen (secondary N) is 1. The average molecular weight is 255 g/mol. The van der Waals surface area contributed by atoms with Crippen molar-refractivity contribution in [3.63, 3.8) is 0 Å². The van der Waals surface area contributed by atoms with E-state index in [1.54, 1.807) is 0 Å². The molecule has 0 aromatic carbocycles. The van der Waals surface area contributed by atoms with E-state index in [1.807, 2.05) is 0 Å². The van der Waals surface area contributed by atoms with Crippen LogP contribution in [0.3, 0.4) is 0 Å². The molecule has 108 valence electrons. The van der Waals surface area contributed by atoms with Crippen molar-refractivity contribution >= 4 is 0 Å². The van der Waals surface area contributed by atoms with Crippen LogP contribution >= 0.6 is 0 Å². The second-order valence-corrected chi connectivity index (χ2v) is 5.93. The van der Waals surface area contributed by atoms with Gasteiger partial charge in [-0.1, -0.05) is 27.2 Å². The maximum atomic E-state index is 3.48. The van der Waals surface area contributed by atoms with Crippen molar-refractivity contribution in [2.45, 2.75) is 52.1 Å². The molecule has 18 heavy (non-hydrogen) atoms. The zero-order valence-electron chi connectivity index (χ0n) is 13.1. The summed E-state index contributed by atoms with van der Waals surface area (Å²) >= 11 is 0. The lowest BCUT2D eigenvalue weighted by Crippen LogP contribution is -2.46. The van der Waals surface area contributed by atoms with E-state index in [4.69, 9.17) is 0 Å². The van der Waals surface area contributed by atoms with Crippen LogP contribution in [0.1, 0.15) is 40.0 Å². The Balaban J connectivity index is 2.37. The van der Waals surface area contributed by atoms with Gasteiger partial charge in [-0.15, -0.1) is 0 Å². The van der Waals surface area contributed by atoms with Crippen LogP contribution in [-0.2, 0) is 0 Å². The van der Waals surface area contributed by atoms with E-state index in [1.165, 1.54) is 45.4 Å². The molecule has 0 aliphatic carbocycles. The highest BCUT2D eigenvalue weighted by atomic mass is 15.2. The van der Waals surface area contributed by atoms with Gasteiger partial charge in [0.05, 0.1) is 0 Å². The largest absolute Gasteiger partial charge is 0.315 e. The number of likely N-dealkylation sites (N-methyl/N-ethyl adjacent to an activating group) is 3. The van der Waals surface area contributed by atoms with E-state index in [2.05, 4.69) is 50.0 Å². The predicted octanol–water partition coefficient (Wildman–Crippen LogP) is 2.04. The highest BCUT2D eigenvalue weighted by Gasteiger charge is 2.25. The van der Waals surface area contributed by atoms with E-state index >= 15 is 0 Å². The minimum Gasteiger partial charge on any atom is -0.315 e. The van der Waals surface area contributed by atoms with E-state index in [-0.39, 0.29) is 0 Å². The van der Waals surface area contributed by atoms with Crippen LogP contribution in [-0.4, -0.2) is 62.2 Å². The minimum absolute atomic E-state index is 0.622. The van der Waals surface area contributed by atoms with Gasteiger partial charge in [-0.05, 0) is 45.9 Å². The third kappa shape index (κ3) is 4.52. The van der Waals surface area contributed by atoms with Crippen LogP contribution < -0.4 is 5.32 Å². The molecular formula is C15H33N3. The van der Waals surface area contributed by atoms with E-state index in [0.29, 0.717) is 6.04 Å². The first-order valence-electron chi connectivity index (χ1n) is 7.72. The molecule has 3 heteroatoms. The van der Waals surface area contributed by atoms with Crippen molar-refractivity contribution in [2.75, 3.05) is 40.3 Å². The van der Waals surface area contributed by atoms with Gasteiger partial charge < -0.3 is 10.2 Å². The van der Waals surface area contributed by atoms with Gasteiger partial charge in [0.2, 0.25) is 0 Å². The Hall–Kier alpha value is -0.120. The fraction of sp³-hybridized carbons (Fsp3) is 1.00. The lowest BCUT2D eigenvalue weighted by molar-refractivity contribution is 0.178. The Bertz CT molecular complexity index is 216. The first-order chi connectivity index (χ1) is 8.62. The van der Waals surface area contributed by atoms with Gasteiger partial charge in [0.15, 0.2) is 0 Å². The van der Waals surface area contributed by atoms with Gasteiger partial charge in [-0.25, -0.2) is 0 Å². The SMILES string of the molecule is CCC(C)C(CN(C)CC1CCCN1CC)NC. The highest BCUT2D eigenvalue weighted by molar-refractivity contribution is 4.82. The van der Waals surface area contributed by atoms with Crippen LogP contribution in [0.2, 0.25) is 0 Å². The highest BCUT2D eigenvalue weighted by Crippen LogP contribution is 2.18. The lowest BCUT2D eigenvalue weighted by Gasteiger charge is -2.32. The smallest absolute Gasteiger partial charge is 0.0223 e. The normalized spacial score (nSPS) is 24.7. The molecule has 0 aromatic heterocycles. The maximum Gasteiger partial charge on any atom is 0.0223 e. The predicted molar refractivity (Wildman–Crippen MR) is 80.1 cm³/mol. The summed E-state index contributed by atoms with van der Waals surface area (Å²) in [5, 5.41) is 3.48. The second-order valence-electron chi connectivity index (χ2n) is 5.93. The Morgan fingerprint density at radius 1 is 1.39 bits per heavy atom. The van der Waals surface area contributed by atoms with Crippen LogP contribution in [0.15, 0.2) is 0 Å². The molecule has 1 fully saturated rings. The van der Waals surface area contributed by atoms with Crippen LogP contribution in [0.4, 0.5) is 0 Å². The molecular weight excluding hydrogens is 222 g/mol. The minimum atomic E-state index is 0.622. The van der Waals surface area contributed by atoms with E-state index in [9.17, 15) is 0 Å². The molecule has 1 aliphatic rings. The first kappa shape index (κ1) is 15.9. The molecule has 0 bridgehead atoms. The van der Waals surface area contributed by atoms with Gasteiger partial charge >= 0.3 is 0 Å². The molecule has 0 saturated carbocycles. The quantitative estimate of drug-likeness (QED) is 0.716. The van der Waals surface area contributed by atoms with Gasteiger partial charge in [0.1, 0.15) is 0 Å². The Morgan fingerprint density at radius 3 is 2.67 bits per heavy atom. The van der Waals surface area contributed by atoms with Crippen molar-refractivity contribution < 1.29 is 0 Å². The fourth-order valence-electron chi connectivity index (χ4n) is 3.13.